The molecular formula is C17H14ClN3O2. The summed E-state index contributed by atoms with van der Waals surface area (Å²) in [5.41, 5.74) is 1.43. The lowest BCUT2D eigenvalue weighted by atomic mass is 10.2. The second-order valence-electron chi connectivity index (χ2n) is 4.89. The van der Waals surface area contributed by atoms with Crippen molar-refractivity contribution in [2.45, 2.75) is 6.42 Å². The molecule has 0 fully saturated rings. The zero-order chi connectivity index (χ0) is 16.1. The first kappa shape index (κ1) is 15.2. The van der Waals surface area contributed by atoms with Gasteiger partial charge in [0.2, 0.25) is 0 Å². The van der Waals surface area contributed by atoms with Crippen LogP contribution >= 0.6 is 11.6 Å². The Morgan fingerprint density at radius 2 is 1.83 bits per heavy atom. The fraction of sp³-hybridized carbons (Fsp3) is 0.118. The van der Waals surface area contributed by atoms with Crippen molar-refractivity contribution in [3.63, 3.8) is 0 Å². The summed E-state index contributed by atoms with van der Waals surface area (Å²) in [6.07, 6.45) is 0.496. The summed E-state index contributed by atoms with van der Waals surface area (Å²) in [7, 11) is 0. The van der Waals surface area contributed by atoms with Crippen LogP contribution in [-0.4, -0.2) is 22.6 Å². The second-order valence-corrected chi connectivity index (χ2v) is 5.33. The highest BCUT2D eigenvalue weighted by Crippen LogP contribution is 2.16. The van der Waals surface area contributed by atoms with Gasteiger partial charge in [-0.2, -0.15) is 4.98 Å². The van der Waals surface area contributed by atoms with Gasteiger partial charge in [0.1, 0.15) is 0 Å². The number of halogens is 1. The summed E-state index contributed by atoms with van der Waals surface area (Å²) >= 11 is 5.79. The van der Waals surface area contributed by atoms with E-state index in [2.05, 4.69) is 15.5 Å². The van der Waals surface area contributed by atoms with E-state index in [1.54, 1.807) is 24.3 Å². The third kappa shape index (κ3) is 3.96. The van der Waals surface area contributed by atoms with Gasteiger partial charge in [-0.3, -0.25) is 4.79 Å². The Hall–Kier alpha value is -2.66. The van der Waals surface area contributed by atoms with Gasteiger partial charge in [-0.15, -0.1) is 0 Å². The van der Waals surface area contributed by atoms with Crippen LogP contribution in [0.3, 0.4) is 0 Å². The van der Waals surface area contributed by atoms with Crippen molar-refractivity contribution in [2.24, 2.45) is 0 Å². The maximum absolute atomic E-state index is 12.0. The minimum Gasteiger partial charge on any atom is -0.352 e. The number of nitrogens with one attached hydrogen (secondary N) is 1. The molecule has 0 saturated heterocycles. The van der Waals surface area contributed by atoms with E-state index in [0.717, 1.165) is 5.56 Å². The predicted octanol–water partition coefficient (Wildman–Crippen LogP) is 3.36. The van der Waals surface area contributed by atoms with Crippen molar-refractivity contribution in [1.29, 1.82) is 0 Å². The van der Waals surface area contributed by atoms with E-state index in [1.165, 1.54) is 0 Å². The molecule has 116 valence electrons. The number of rotatable bonds is 5. The molecule has 2 aromatic carbocycles. The quantitative estimate of drug-likeness (QED) is 0.780. The Bertz CT molecular complexity index is 785. The Labute approximate surface area is 138 Å². The monoisotopic (exact) mass is 327 g/mol. The van der Waals surface area contributed by atoms with Gasteiger partial charge in [0.05, 0.1) is 0 Å². The lowest BCUT2D eigenvalue weighted by Crippen LogP contribution is -2.25. The minimum atomic E-state index is -0.159. The molecule has 1 aromatic heterocycles. The number of hydrogen-bond acceptors (Lipinski definition) is 4. The molecule has 1 heterocycles. The van der Waals surface area contributed by atoms with Gasteiger partial charge in [0.15, 0.2) is 5.82 Å². The third-order valence-corrected chi connectivity index (χ3v) is 3.48. The second kappa shape index (κ2) is 7.07. The summed E-state index contributed by atoms with van der Waals surface area (Å²) in [4.78, 5) is 16.3. The van der Waals surface area contributed by atoms with Crippen molar-refractivity contribution in [3.8, 4) is 11.5 Å². The van der Waals surface area contributed by atoms with Crippen LogP contribution < -0.4 is 5.32 Å². The van der Waals surface area contributed by atoms with Crippen LogP contribution in [-0.2, 0) is 6.42 Å². The van der Waals surface area contributed by atoms with Crippen LogP contribution in [0.4, 0.5) is 0 Å². The van der Waals surface area contributed by atoms with E-state index in [-0.39, 0.29) is 5.91 Å². The maximum Gasteiger partial charge on any atom is 0.257 e. The van der Waals surface area contributed by atoms with Crippen molar-refractivity contribution < 1.29 is 9.32 Å². The molecule has 3 rings (SSSR count). The van der Waals surface area contributed by atoms with Crippen molar-refractivity contribution in [3.05, 3.63) is 71.0 Å². The number of aromatic nitrogens is 2. The Morgan fingerprint density at radius 3 is 2.57 bits per heavy atom. The SMILES string of the molecule is O=C(NCCc1noc(-c2ccccc2)n1)c1ccc(Cl)cc1. The molecule has 3 aromatic rings. The fourth-order valence-electron chi connectivity index (χ4n) is 2.04. The molecule has 0 spiro atoms. The summed E-state index contributed by atoms with van der Waals surface area (Å²) in [6.45, 7) is 0.426. The lowest BCUT2D eigenvalue weighted by Gasteiger charge is -2.03. The molecule has 0 unspecified atom stereocenters. The molecule has 0 bridgehead atoms. The fourth-order valence-corrected chi connectivity index (χ4v) is 2.17. The molecule has 6 heteroatoms. The molecular weight excluding hydrogens is 314 g/mol. The zero-order valence-corrected chi connectivity index (χ0v) is 13.0. The zero-order valence-electron chi connectivity index (χ0n) is 12.2. The average Bonchev–Trinajstić information content (AvgIpc) is 3.05. The van der Waals surface area contributed by atoms with Crippen LogP contribution in [0.15, 0.2) is 59.1 Å². The van der Waals surface area contributed by atoms with E-state index >= 15 is 0 Å². The van der Waals surface area contributed by atoms with Gasteiger partial charge in [0.25, 0.3) is 11.8 Å². The molecule has 1 amide bonds. The summed E-state index contributed by atoms with van der Waals surface area (Å²) in [5.74, 6) is 0.873. The Kier molecular flexibility index (Phi) is 4.68. The number of amides is 1. The first-order valence-electron chi connectivity index (χ1n) is 7.14. The largest absolute Gasteiger partial charge is 0.352 e. The van der Waals surface area contributed by atoms with E-state index in [1.807, 2.05) is 30.3 Å². The van der Waals surface area contributed by atoms with E-state index in [0.29, 0.717) is 35.3 Å². The highest BCUT2D eigenvalue weighted by molar-refractivity contribution is 6.30. The van der Waals surface area contributed by atoms with Crippen molar-refractivity contribution in [1.82, 2.24) is 15.5 Å². The van der Waals surface area contributed by atoms with E-state index in [9.17, 15) is 4.79 Å². The smallest absolute Gasteiger partial charge is 0.257 e. The first-order chi connectivity index (χ1) is 11.2. The number of carbonyl (C=O) groups is 1. The van der Waals surface area contributed by atoms with Crippen molar-refractivity contribution in [2.75, 3.05) is 6.54 Å². The van der Waals surface area contributed by atoms with Crippen LogP contribution in [0.2, 0.25) is 5.02 Å². The highest BCUT2D eigenvalue weighted by atomic mass is 35.5. The lowest BCUT2D eigenvalue weighted by molar-refractivity contribution is 0.0954. The van der Waals surface area contributed by atoms with Crippen LogP contribution in [0.1, 0.15) is 16.2 Å². The predicted molar refractivity (Wildman–Crippen MR) is 87.2 cm³/mol. The topological polar surface area (TPSA) is 68.0 Å². The van der Waals surface area contributed by atoms with Gasteiger partial charge in [-0.25, -0.2) is 0 Å². The highest BCUT2D eigenvalue weighted by Gasteiger charge is 2.09. The van der Waals surface area contributed by atoms with Gasteiger partial charge in [0, 0.05) is 29.1 Å². The number of hydrogen-bond donors (Lipinski definition) is 1. The van der Waals surface area contributed by atoms with Crippen LogP contribution in [0, 0.1) is 0 Å². The number of nitrogens with zero attached hydrogens (tertiary/aromatic N) is 2. The minimum absolute atomic E-state index is 0.159. The van der Waals surface area contributed by atoms with Gasteiger partial charge < -0.3 is 9.84 Å². The average molecular weight is 328 g/mol. The van der Waals surface area contributed by atoms with Gasteiger partial charge in [-0.1, -0.05) is 35.0 Å². The molecule has 1 N–H and O–H groups in total. The van der Waals surface area contributed by atoms with Crippen LogP contribution in [0.5, 0.6) is 0 Å². The van der Waals surface area contributed by atoms with E-state index < -0.39 is 0 Å². The molecule has 0 saturated carbocycles. The first-order valence-corrected chi connectivity index (χ1v) is 7.52. The maximum atomic E-state index is 12.0. The van der Waals surface area contributed by atoms with Crippen LogP contribution in [0.25, 0.3) is 11.5 Å². The Balaban J connectivity index is 1.54. The molecule has 0 aliphatic heterocycles. The summed E-state index contributed by atoms with van der Waals surface area (Å²) in [5, 5.41) is 7.33. The van der Waals surface area contributed by atoms with Gasteiger partial charge >= 0.3 is 0 Å². The summed E-state index contributed by atoms with van der Waals surface area (Å²) in [6, 6.07) is 16.3. The molecule has 0 radical (unpaired) electrons. The summed E-state index contributed by atoms with van der Waals surface area (Å²) < 4.78 is 5.22. The van der Waals surface area contributed by atoms with Crippen molar-refractivity contribution >= 4 is 17.5 Å². The number of benzene rings is 2. The molecule has 0 atom stereocenters. The Morgan fingerprint density at radius 1 is 1.09 bits per heavy atom. The molecule has 23 heavy (non-hydrogen) atoms. The van der Waals surface area contributed by atoms with E-state index in [4.69, 9.17) is 16.1 Å². The molecule has 5 nitrogen and oxygen atoms in total. The standard InChI is InChI=1S/C17H14ClN3O2/c18-14-8-6-12(7-9-14)16(22)19-11-10-15-20-17(23-21-15)13-4-2-1-3-5-13/h1-9H,10-11H2,(H,19,22). The molecule has 0 aliphatic rings. The van der Waals surface area contributed by atoms with Gasteiger partial charge in [-0.05, 0) is 36.4 Å². The normalized spacial score (nSPS) is 10.5. The molecule has 0 aliphatic carbocycles. The third-order valence-electron chi connectivity index (χ3n) is 3.23. The number of carbonyl (C=O) groups excluding carboxylic acids is 1.